The molecule has 1 saturated heterocycles. The van der Waals surface area contributed by atoms with Crippen LogP contribution >= 0.6 is 38.5 Å². The van der Waals surface area contributed by atoms with E-state index in [1.807, 2.05) is 0 Å². The van der Waals surface area contributed by atoms with Crippen molar-refractivity contribution < 1.29 is 0 Å². The quantitative estimate of drug-likeness (QED) is 0.306. The molecule has 0 amide bonds. The van der Waals surface area contributed by atoms with Crippen LogP contribution in [0.2, 0.25) is 0 Å². The Morgan fingerprint density at radius 2 is 0.962 bits per heavy atom. The Morgan fingerprint density at radius 1 is 0.577 bits per heavy atom. The van der Waals surface area contributed by atoms with E-state index >= 15 is 0 Å². The van der Waals surface area contributed by atoms with Gasteiger partial charge in [0.25, 0.3) is 0 Å². The van der Waals surface area contributed by atoms with Crippen LogP contribution in [0, 0.1) is 0 Å². The van der Waals surface area contributed by atoms with Crippen molar-refractivity contribution in [2.75, 3.05) is 6.16 Å². The Bertz CT molecular complexity index is 776. The minimum absolute atomic E-state index is 0.145. The summed E-state index contributed by atoms with van der Waals surface area (Å²) >= 11 is 8.52. The monoisotopic (exact) mass is 488 g/mol. The second-order valence-electron chi connectivity index (χ2n) is 7.16. The summed E-state index contributed by atoms with van der Waals surface area (Å²) in [7, 11) is 0. The van der Waals surface area contributed by atoms with Crippen molar-refractivity contribution in [1.29, 1.82) is 0 Å². The third kappa shape index (κ3) is 2.35. The molecule has 0 atom stereocenters. The number of benzene rings is 3. The topological polar surface area (TPSA) is 0 Å². The van der Waals surface area contributed by atoms with Crippen LogP contribution in [0.3, 0.4) is 0 Å². The van der Waals surface area contributed by atoms with Crippen molar-refractivity contribution in [3.8, 4) is 0 Å². The molecule has 1 aliphatic rings. The van der Waals surface area contributed by atoms with Gasteiger partial charge in [-0.1, -0.05) is 0 Å². The molecule has 0 N–H and O–H groups in total. The normalized spacial score (nSPS) is 22.0. The van der Waals surface area contributed by atoms with Crippen LogP contribution in [0.25, 0.3) is 0 Å². The van der Waals surface area contributed by atoms with E-state index < -0.39 is 6.60 Å². The molecule has 0 unspecified atom stereocenters. The van der Waals surface area contributed by atoms with Gasteiger partial charge in [-0.2, -0.15) is 0 Å². The maximum absolute atomic E-state index is 4.26. The van der Waals surface area contributed by atoms with Crippen LogP contribution in [-0.2, 0) is 0 Å². The van der Waals surface area contributed by atoms with Gasteiger partial charge in [0.1, 0.15) is 0 Å². The Kier molecular flexibility index (Phi) is 4.88. The van der Waals surface area contributed by atoms with Crippen LogP contribution in [0.1, 0.15) is 19.3 Å². The molecule has 3 aromatic carbocycles. The van der Waals surface area contributed by atoms with Gasteiger partial charge in [-0.3, -0.25) is 0 Å². The number of hydrogen-bond acceptors (Lipinski definition) is 0. The number of halogens is 2. The fraction of sp³-hybridized carbons (Fsp3) is 0.217. The van der Waals surface area contributed by atoms with E-state index in [1.165, 1.54) is 34.9 Å². The molecule has 0 radical (unpaired) electrons. The van der Waals surface area contributed by atoms with Crippen molar-refractivity contribution >= 4 is 54.4 Å². The predicted octanol–water partition coefficient (Wildman–Crippen LogP) is 6.14. The van der Waals surface area contributed by atoms with Gasteiger partial charge < -0.3 is 0 Å². The third-order valence-electron chi connectivity index (χ3n) is 6.03. The van der Waals surface area contributed by atoms with E-state index in [-0.39, 0.29) is 2.97 Å². The average molecular weight is 490 g/mol. The summed E-state index contributed by atoms with van der Waals surface area (Å²) in [5.41, 5.74) is 0. The van der Waals surface area contributed by atoms with Crippen LogP contribution in [0.5, 0.6) is 0 Å². The van der Waals surface area contributed by atoms with E-state index in [2.05, 4.69) is 123 Å². The zero-order chi connectivity index (χ0) is 18.1. The van der Waals surface area contributed by atoms with Gasteiger partial charge >= 0.3 is 174 Å². The Labute approximate surface area is 173 Å². The van der Waals surface area contributed by atoms with E-state index in [0.717, 1.165) is 6.42 Å². The molecule has 1 aliphatic heterocycles. The molecule has 0 saturated carbocycles. The van der Waals surface area contributed by atoms with E-state index in [0.29, 0.717) is 0 Å². The zero-order valence-corrected chi connectivity index (χ0v) is 18.8. The zero-order valence-electron chi connectivity index (χ0n) is 14.7. The molecule has 26 heavy (non-hydrogen) atoms. The molecule has 0 spiro atoms. The minimum atomic E-state index is -2.77. The first-order chi connectivity index (χ1) is 12.6. The van der Waals surface area contributed by atoms with Crippen LogP contribution in [-0.4, -0.2) is 9.14 Å². The number of rotatable bonds is 3. The fourth-order valence-electron chi connectivity index (χ4n) is 4.85. The third-order valence-corrected chi connectivity index (χ3v) is 18.7. The van der Waals surface area contributed by atoms with Gasteiger partial charge in [0.15, 0.2) is 0 Å². The van der Waals surface area contributed by atoms with E-state index in [4.69, 9.17) is 0 Å². The van der Waals surface area contributed by atoms with Gasteiger partial charge in [-0.05, 0) is 0 Å². The summed E-state index contributed by atoms with van der Waals surface area (Å²) in [5.74, 6) is 0. The van der Waals surface area contributed by atoms with Gasteiger partial charge in [0, 0.05) is 0 Å². The average Bonchev–Trinajstić information content (AvgIpc) is 2.70. The van der Waals surface area contributed by atoms with Crippen LogP contribution in [0.15, 0.2) is 91.0 Å². The van der Waals surface area contributed by atoms with Gasteiger partial charge in [0.05, 0.1) is 0 Å². The SMILES string of the molecule is BrC1(Br)CCCCP1(c1ccccc1)(c1ccccc1)c1ccccc1. The predicted molar refractivity (Wildman–Crippen MR) is 124 cm³/mol. The molecule has 0 aliphatic carbocycles. The van der Waals surface area contributed by atoms with Crippen LogP contribution < -0.4 is 15.9 Å². The summed E-state index contributed by atoms with van der Waals surface area (Å²) in [5, 5.41) is 4.39. The fourth-order valence-corrected chi connectivity index (χ4v) is 17.3. The molecular formula is C23H23Br2P. The molecule has 0 nitrogen and oxygen atoms in total. The Balaban J connectivity index is 2.23. The molecular weight excluding hydrogens is 467 g/mol. The summed E-state index contributed by atoms with van der Waals surface area (Å²) in [6.45, 7) is -2.77. The van der Waals surface area contributed by atoms with Gasteiger partial charge in [0.2, 0.25) is 0 Å². The van der Waals surface area contributed by atoms with Crippen molar-refractivity contribution in [1.82, 2.24) is 0 Å². The number of alkyl halides is 2. The van der Waals surface area contributed by atoms with E-state index in [9.17, 15) is 0 Å². The molecule has 0 bridgehead atoms. The Hall–Kier alpha value is -0.950. The van der Waals surface area contributed by atoms with E-state index in [1.54, 1.807) is 0 Å². The van der Waals surface area contributed by atoms with Crippen molar-refractivity contribution in [3.05, 3.63) is 91.0 Å². The van der Waals surface area contributed by atoms with Crippen LogP contribution in [0.4, 0.5) is 0 Å². The summed E-state index contributed by atoms with van der Waals surface area (Å²) in [6.07, 6.45) is 4.78. The molecule has 1 heterocycles. The standard InChI is InChI=1S/C23H23Br2P/c24-23(25)18-10-11-19-26(23,20-12-4-1-5-13-20,21-14-6-2-7-15-21)22-16-8-3-9-17-22/h1-9,12-17H,10-11,18-19H2. The van der Waals surface area contributed by atoms with Gasteiger partial charge in [-0.25, -0.2) is 0 Å². The van der Waals surface area contributed by atoms with Gasteiger partial charge in [-0.15, -0.1) is 0 Å². The first-order valence-corrected chi connectivity index (χ1v) is 13.2. The molecule has 1 fully saturated rings. The summed E-state index contributed by atoms with van der Waals surface area (Å²) in [4.78, 5) is 0. The van der Waals surface area contributed by atoms with Crippen molar-refractivity contribution in [2.45, 2.75) is 22.2 Å². The summed E-state index contributed by atoms with van der Waals surface area (Å²) in [6, 6.07) is 33.6. The van der Waals surface area contributed by atoms with Crippen molar-refractivity contribution in [3.63, 3.8) is 0 Å². The summed E-state index contributed by atoms with van der Waals surface area (Å²) < 4.78 is -0.145. The first kappa shape index (κ1) is 18.4. The molecule has 134 valence electrons. The Morgan fingerprint density at radius 3 is 1.31 bits per heavy atom. The molecule has 0 aromatic heterocycles. The first-order valence-electron chi connectivity index (χ1n) is 9.17. The second kappa shape index (κ2) is 6.89. The van der Waals surface area contributed by atoms with Crippen molar-refractivity contribution in [2.24, 2.45) is 0 Å². The molecule has 3 heteroatoms. The molecule has 3 aromatic rings. The molecule has 4 rings (SSSR count). The maximum atomic E-state index is 4.26. The second-order valence-corrected chi connectivity index (χ2v) is 17.5. The number of hydrogen-bond donors (Lipinski definition) is 0.